The molecule has 0 aliphatic carbocycles. The van der Waals surface area contributed by atoms with Gasteiger partial charge in [-0.2, -0.15) is 8.78 Å². The second-order valence-corrected chi connectivity index (χ2v) is 7.32. The van der Waals surface area contributed by atoms with E-state index in [9.17, 15) is 26.5 Å². The molecule has 0 atom stereocenters. The number of ether oxygens (including phenoxy) is 1. The lowest BCUT2D eigenvalue weighted by Crippen LogP contribution is -2.34. The Morgan fingerprint density at radius 2 is 1.74 bits per heavy atom. The van der Waals surface area contributed by atoms with Crippen LogP contribution in [-0.2, 0) is 14.9 Å². The predicted molar refractivity (Wildman–Crippen MR) is 76.8 cm³/mol. The number of esters is 1. The summed E-state index contributed by atoms with van der Waals surface area (Å²) in [6.45, 7) is -1.81. The zero-order valence-corrected chi connectivity index (χ0v) is 14.0. The second kappa shape index (κ2) is 6.13. The summed E-state index contributed by atoms with van der Waals surface area (Å²) >= 11 is 3.83. The number of halogens is 4. The first kappa shape index (κ1) is 17.0. The maximum Gasteiger partial charge on any atom is 0.367 e. The van der Waals surface area contributed by atoms with Crippen molar-refractivity contribution in [1.29, 1.82) is 0 Å². The van der Waals surface area contributed by atoms with Crippen LogP contribution in [0.3, 0.4) is 0 Å². The maximum absolute atomic E-state index is 12.8. The molecular weight excluding hydrogens is 512 g/mol. The first-order valence-electron chi connectivity index (χ1n) is 4.49. The lowest BCUT2D eigenvalue weighted by Gasteiger charge is -2.19. The van der Waals surface area contributed by atoms with Crippen molar-refractivity contribution >= 4 is 61.3 Å². The van der Waals surface area contributed by atoms with E-state index in [0.29, 0.717) is 7.14 Å². The molecule has 0 aliphatic rings. The molecule has 1 aromatic carbocycles. The number of hydrogen-bond acceptors (Lipinski definition) is 5. The van der Waals surface area contributed by atoms with E-state index < -0.39 is 27.9 Å². The molecule has 0 spiro atoms. The van der Waals surface area contributed by atoms with Crippen molar-refractivity contribution in [2.24, 2.45) is 0 Å². The monoisotopic (exact) mass is 517 g/mol. The van der Waals surface area contributed by atoms with Crippen LogP contribution in [0.2, 0.25) is 0 Å². The Labute approximate surface area is 134 Å². The quantitative estimate of drug-likeness (QED) is 0.348. The number of benzene rings is 1. The van der Waals surface area contributed by atoms with E-state index in [2.05, 4.69) is 4.74 Å². The van der Waals surface area contributed by atoms with Gasteiger partial charge in [0.2, 0.25) is 0 Å². The Morgan fingerprint density at radius 1 is 1.26 bits per heavy atom. The highest BCUT2D eigenvalue weighted by atomic mass is 127. The Bertz CT molecular complexity index is 582. The zero-order chi connectivity index (χ0) is 14.8. The summed E-state index contributed by atoms with van der Waals surface area (Å²) in [6, 6.07) is 4.50. The van der Waals surface area contributed by atoms with Crippen molar-refractivity contribution in [2.75, 3.05) is 6.61 Å². The Kier molecular flexibility index (Phi) is 5.48. The third kappa shape index (κ3) is 4.75. The fraction of sp³-hybridized carbons (Fsp3) is 0.222. The van der Waals surface area contributed by atoms with Gasteiger partial charge in [-0.05, 0) is 63.4 Å². The summed E-state index contributed by atoms with van der Waals surface area (Å²) in [7, 11) is -5.86. The molecule has 5 nitrogen and oxygen atoms in total. The Morgan fingerprint density at radius 3 is 2.16 bits per heavy atom. The Hall–Kier alpha value is -0.0800. The third-order valence-electron chi connectivity index (χ3n) is 1.84. The first-order valence-corrected chi connectivity index (χ1v) is 8.06. The molecular formula is C9H5F2I2O5S-. The largest absolute Gasteiger partial charge is 0.743 e. The summed E-state index contributed by atoms with van der Waals surface area (Å²) in [5.74, 6) is -1.13. The number of carbonyl (C=O) groups excluding carboxylic acids is 1. The molecule has 0 unspecified atom stereocenters. The second-order valence-electron chi connectivity index (χ2n) is 3.33. The van der Waals surface area contributed by atoms with Gasteiger partial charge in [0, 0.05) is 7.14 Å². The van der Waals surface area contributed by atoms with Gasteiger partial charge in [-0.25, -0.2) is 13.2 Å². The van der Waals surface area contributed by atoms with E-state index in [1.807, 2.05) is 45.2 Å². The molecule has 0 radical (unpaired) electrons. The van der Waals surface area contributed by atoms with Gasteiger partial charge in [-0.15, -0.1) is 0 Å². The summed E-state index contributed by atoms with van der Waals surface area (Å²) in [6.07, 6.45) is 0. The summed E-state index contributed by atoms with van der Waals surface area (Å²) < 4.78 is 61.7. The molecule has 0 heterocycles. The van der Waals surface area contributed by atoms with Crippen LogP contribution < -0.4 is 0 Å². The molecule has 0 bridgehead atoms. The van der Waals surface area contributed by atoms with Crippen molar-refractivity contribution in [1.82, 2.24) is 0 Å². The standard InChI is InChI=1S/C9H6F2I2O5S/c10-9(11,19(15,16)17)4-18-8(14)5-1-6(12)3-7(13)2-5/h1-3H,4H2,(H,15,16,17)/p-1. The predicted octanol–water partition coefficient (Wildman–Crippen LogP) is 2.19. The highest BCUT2D eigenvalue weighted by Crippen LogP contribution is 2.22. The van der Waals surface area contributed by atoms with E-state index in [4.69, 9.17) is 0 Å². The van der Waals surface area contributed by atoms with Gasteiger partial charge in [-0.1, -0.05) is 0 Å². The Balaban J connectivity index is 2.82. The minimum atomic E-state index is -5.86. The van der Waals surface area contributed by atoms with Gasteiger partial charge in [-0.3, -0.25) is 0 Å². The van der Waals surface area contributed by atoms with E-state index in [1.54, 1.807) is 6.07 Å². The molecule has 106 valence electrons. The molecule has 0 saturated heterocycles. The molecule has 0 amide bonds. The van der Waals surface area contributed by atoms with E-state index in [-0.39, 0.29) is 5.56 Å². The molecule has 0 aliphatic heterocycles. The molecule has 10 heteroatoms. The van der Waals surface area contributed by atoms with Gasteiger partial charge < -0.3 is 9.29 Å². The summed E-state index contributed by atoms with van der Waals surface area (Å²) in [5.41, 5.74) is -0.00426. The van der Waals surface area contributed by atoms with Crippen molar-refractivity contribution in [3.8, 4) is 0 Å². The average Bonchev–Trinajstić information content (AvgIpc) is 2.23. The smallest absolute Gasteiger partial charge is 0.367 e. The number of carbonyl (C=O) groups is 1. The van der Waals surface area contributed by atoms with Gasteiger partial charge in [0.25, 0.3) is 0 Å². The van der Waals surface area contributed by atoms with E-state index in [1.165, 1.54) is 12.1 Å². The van der Waals surface area contributed by atoms with Crippen LogP contribution in [0.1, 0.15) is 10.4 Å². The number of alkyl halides is 2. The van der Waals surface area contributed by atoms with Crippen LogP contribution in [0.25, 0.3) is 0 Å². The van der Waals surface area contributed by atoms with Crippen LogP contribution in [0.5, 0.6) is 0 Å². The van der Waals surface area contributed by atoms with Crippen molar-refractivity contribution in [3.63, 3.8) is 0 Å². The maximum atomic E-state index is 12.8. The topological polar surface area (TPSA) is 83.5 Å². The lowest BCUT2D eigenvalue weighted by molar-refractivity contribution is -0.00997. The van der Waals surface area contributed by atoms with Crippen LogP contribution in [-0.4, -0.2) is 30.8 Å². The number of hydrogen-bond donors (Lipinski definition) is 0. The number of rotatable bonds is 4. The SMILES string of the molecule is O=C(OCC(F)(F)S(=O)(=O)[O-])c1cc(I)cc(I)c1. The molecule has 19 heavy (non-hydrogen) atoms. The lowest BCUT2D eigenvalue weighted by atomic mass is 10.2. The van der Waals surface area contributed by atoms with Crippen molar-refractivity contribution in [3.05, 3.63) is 30.9 Å². The van der Waals surface area contributed by atoms with Crippen molar-refractivity contribution < 1.29 is 31.3 Å². The fourth-order valence-electron chi connectivity index (χ4n) is 0.977. The van der Waals surface area contributed by atoms with Gasteiger partial charge >= 0.3 is 11.2 Å². The van der Waals surface area contributed by atoms with Gasteiger partial charge in [0.1, 0.15) is 0 Å². The van der Waals surface area contributed by atoms with Crippen LogP contribution in [0, 0.1) is 7.14 Å². The highest BCUT2D eigenvalue weighted by Gasteiger charge is 2.39. The summed E-state index contributed by atoms with van der Waals surface area (Å²) in [4.78, 5) is 11.5. The highest BCUT2D eigenvalue weighted by molar-refractivity contribution is 14.1. The van der Waals surface area contributed by atoms with Crippen LogP contribution in [0.4, 0.5) is 8.78 Å². The first-order chi connectivity index (χ1) is 8.53. The normalized spacial score (nSPS) is 12.3. The van der Waals surface area contributed by atoms with Crippen molar-refractivity contribution in [2.45, 2.75) is 5.25 Å². The zero-order valence-electron chi connectivity index (χ0n) is 8.90. The van der Waals surface area contributed by atoms with E-state index >= 15 is 0 Å². The van der Waals surface area contributed by atoms with Crippen LogP contribution >= 0.6 is 45.2 Å². The van der Waals surface area contributed by atoms with Gasteiger partial charge in [0.15, 0.2) is 16.7 Å². The van der Waals surface area contributed by atoms with E-state index in [0.717, 1.165) is 0 Å². The minimum absolute atomic E-state index is 0.00426. The third-order valence-corrected chi connectivity index (χ3v) is 3.93. The molecule has 0 aromatic heterocycles. The fourth-order valence-corrected chi connectivity index (χ4v) is 3.12. The molecule has 0 fully saturated rings. The molecule has 0 N–H and O–H groups in total. The minimum Gasteiger partial charge on any atom is -0.743 e. The molecule has 1 rings (SSSR count). The summed E-state index contributed by atoms with van der Waals surface area (Å²) in [5, 5.41) is -4.64. The molecule has 1 aromatic rings. The molecule has 0 saturated carbocycles. The average molecular weight is 517 g/mol. The van der Waals surface area contributed by atoms with Gasteiger partial charge in [0.05, 0.1) is 5.56 Å². The van der Waals surface area contributed by atoms with Crippen LogP contribution in [0.15, 0.2) is 18.2 Å².